The Hall–Kier alpha value is -3.65. The third-order valence-corrected chi connectivity index (χ3v) is 6.94. The summed E-state index contributed by atoms with van der Waals surface area (Å²) in [4.78, 5) is 37.7. The van der Waals surface area contributed by atoms with Gasteiger partial charge in [0.25, 0.3) is 0 Å². The van der Waals surface area contributed by atoms with E-state index in [4.69, 9.17) is 9.84 Å². The summed E-state index contributed by atoms with van der Waals surface area (Å²) in [6.45, 7) is -0.224. The van der Waals surface area contributed by atoms with Crippen molar-refractivity contribution in [3.8, 4) is 11.1 Å². The Kier molecular flexibility index (Phi) is 5.61. The van der Waals surface area contributed by atoms with Gasteiger partial charge in [0, 0.05) is 11.8 Å². The fourth-order valence-corrected chi connectivity index (χ4v) is 5.12. The van der Waals surface area contributed by atoms with Crippen LogP contribution in [-0.4, -0.2) is 64.4 Å². The molecule has 1 fully saturated rings. The number of aliphatic carboxylic acids is 1. The fraction of sp³-hybridized carbons (Fsp3) is 0.346. The van der Waals surface area contributed by atoms with Gasteiger partial charge in [-0.1, -0.05) is 60.7 Å². The van der Waals surface area contributed by atoms with E-state index in [-0.39, 0.29) is 43.5 Å². The topological polar surface area (TPSA) is 116 Å². The number of nitrogens with zero attached hydrogens (tertiary/aromatic N) is 1. The molecule has 1 aliphatic heterocycles. The van der Waals surface area contributed by atoms with Crippen LogP contribution in [0.15, 0.2) is 60.7 Å². The number of rotatable bonds is 5. The minimum atomic E-state index is -1.86. The maximum Gasteiger partial charge on any atom is 0.407 e. The predicted molar refractivity (Wildman–Crippen MR) is 123 cm³/mol. The lowest BCUT2D eigenvalue weighted by Crippen LogP contribution is -2.68. The summed E-state index contributed by atoms with van der Waals surface area (Å²) in [6, 6.07) is 15.9. The van der Waals surface area contributed by atoms with Crippen LogP contribution in [0.5, 0.6) is 0 Å². The number of nitrogens with one attached hydrogen (secondary N) is 1. The number of ether oxygens (including phenoxy) is 1. The van der Waals surface area contributed by atoms with Crippen molar-refractivity contribution in [1.29, 1.82) is 0 Å². The predicted octanol–water partition coefficient (Wildman–Crippen LogP) is 2.52. The summed E-state index contributed by atoms with van der Waals surface area (Å²) in [6.07, 6.45) is 4.03. The molecule has 5 rings (SSSR count). The number of allylic oxidation sites excluding steroid dienone is 1. The SMILES string of the molecule is O=C(NC1C=CCC(C(=O)N2CC(O)(C(=O)O)C2)C1)OCC1c2ccccc2-c2ccccc21. The van der Waals surface area contributed by atoms with Gasteiger partial charge in [-0.05, 0) is 35.1 Å². The first-order chi connectivity index (χ1) is 16.4. The number of benzene rings is 2. The number of aliphatic hydroxyl groups is 1. The highest BCUT2D eigenvalue weighted by Gasteiger charge is 2.51. The van der Waals surface area contributed by atoms with E-state index in [0.717, 1.165) is 22.3 Å². The molecule has 2 aromatic rings. The minimum absolute atomic E-state index is 0.0335. The Morgan fingerprint density at radius 1 is 1.03 bits per heavy atom. The number of carbonyl (C=O) groups is 3. The molecule has 0 aromatic heterocycles. The number of hydrogen-bond donors (Lipinski definition) is 3. The van der Waals surface area contributed by atoms with Crippen LogP contribution >= 0.6 is 0 Å². The van der Waals surface area contributed by atoms with Gasteiger partial charge in [0.05, 0.1) is 19.1 Å². The monoisotopic (exact) mass is 462 g/mol. The molecule has 2 unspecified atom stereocenters. The van der Waals surface area contributed by atoms with Crippen molar-refractivity contribution < 1.29 is 29.3 Å². The van der Waals surface area contributed by atoms with E-state index in [1.54, 1.807) is 0 Å². The molecule has 34 heavy (non-hydrogen) atoms. The molecule has 0 saturated carbocycles. The van der Waals surface area contributed by atoms with E-state index in [1.165, 1.54) is 4.90 Å². The number of carboxylic acid groups (broad SMARTS) is 1. The number of alkyl carbamates (subject to hydrolysis) is 1. The van der Waals surface area contributed by atoms with E-state index < -0.39 is 17.7 Å². The molecule has 3 aliphatic rings. The summed E-state index contributed by atoms with van der Waals surface area (Å²) in [5, 5.41) is 21.7. The molecular formula is C26H26N2O6. The Balaban J connectivity index is 1.16. The van der Waals surface area contributed by atoms with Crippen molar-refractivity contribution in [3.05, 3.63) is 71.8 Å². The number of amides is 2. The molecule has 0 spiro atoms. The zero-order valence-electron chi connectivity index (χ0n) is 18.5. The van der Waals surface area contributed by atoms with Gasteiger partial charge < -0.3 is 25.2 Å². The van der Waals surface area contributed by atoms with Gasteiger partial charge in [0.15, 0.2) is 5.60 Å². The fourth-order valence-electron chi connectivity index (χ4n) is 5.12. The molecule has 3 N–H and O–H groups in total. The van der Waals surface area contributed by atoms with Crippen LogP contribution < -0.4 is 5.32 Å². The lowest BCUT2D eigenvalue weighted by atomic mass is 9.86. The molecule has 2 amide bonds. The van der Waals surface area contributed by atoms with Gasteiger partial charge >= 0.3 is 12.1 Å². The maximum absolute atomic E-state index is 12.7. The first-order valence-corrected chi connectivity index (χ1v) is 11.4. The second kappa shape index (κ2) is 8.61. The van der Waals surface area contributed by atoms with Crippen molar-refractivity contribution in [2.75, 3.05) is 19.7 Å². The van der Waals surface area contributed by atoms with Crippen LogP contribution in [0.3, 0.4) is 0 Å². The second-order valence-electron chi connectivity index (χ2n) is 9.20. The van der Waals surface area contributed by atoms with Crippen molar-refractivity contribution in [2.24, 2.45) is 5.92 Å². The number of carboxylic acids is 1. The minimum Gasteiger partial charge on any atom is -0.479 e. The molecular weight excluding hydrogens is 436 g/mol. The van der Waals surface area contributed by atoms with Gasteiger partial charge in [-0.2, -0.15) is 0 Å². The van der Waals surface area contributed by atoms with Crippen molar-refractivity contribution in [2.45, 2.75) is 30.4 Å². The summed E-state index contributed by atoms with van der Waals surface area (Å²) in [5.74, 6) is -1.96. The molecule has 0 radical (unpaired) electrons. The number of hydrogen-bond acceptors (Lipinski definition) is 5. The van der Waals surface area contributed by atoms with Crippen LogP contribution in [0, 0.1) is 5.92 Å². The Morgan fingerprint density at radius 2 is 1.65 bits per heavy atom. The number of carbonyl (C=O) groups excluding carboxylic acids is 2. The zero-order valence-corrected chi connectivity index (χ0v) is 18.5. The highest BCUT2D eigenvalue weighted by Crippen LogP contribution is 2.44. The van der Waals surface area contributed by atoms with Crippen molar-refractivity contribution in [3.63, 3.8) is 0 Å². The van der Waals surface area contributed by atoms with Crippen molar-refractivity contribution in [1.82, 2.24) is 10.2 Å². The van der Waals surface area contributed by atoms with Gasteiger partial charge in [-0.15, -0.1) is 0 Å². The van der Waals surface area contributed by atoms with Gasteiger partial charge in [-0.3, -0.25) is 4.79 Å². The number of fused-ring (bicyclic) bond motifs is 3. The Bertz CT molecular complexity index is 1120. The molecule has 8 nitrogen and oxygen atoms in total. The average Bonchev–Trinajstić information content (AvgIpc) is 3.14. The van der Waals surface area contributed by atoms with Crippen LogP contribution in [0.25, 0.3) is 11.1 Å². The maximum atomic E-state index is 12.7. The van der Waals surface area contributed by atoms with E-state index >= 15 is 0 Å². The average molecular weight is 463 g/mol. The van der Waals surface area contributed by atoms with E-state index in [0.29, 0.717) is 12.8 Å². The summed E-state index contributed by atoms with van der Waals surface area (Å²) in [7, 11) is 0. The largest absolute Gasteiger partial charge is 0.479 e. The lowest BCUT2D eigenvalue weighted by Gasteiger charge is -2.45. The van der Waals surface area contributed by atoms with Crippen molar-refractivity contribution >= 4 is 18.0 Å². The standard InChI is InChI=1S/C26H26N2O6/c29-23(28-14-26(33,15-28)24(30)31)16-6-5-7-17(12-16)27-25(32)34-13-22-20-10-3-1-8-18(20)19-9-2-4-11-21(19)22/h1-5,7-11,16-17,22,33H,6,12-15H2,(H,27,32)(H,30,31). The van der Waals surface area contributed by atoms with E-state index in [9.17, 15) is 19.5 Å². The molecule has 2 atom stereocenters. The highest BCUT2D eigenvalue weighted by atomic mass is 16.5. The van der Waals surface area contributed by atoms with Gasteiger partial charge in [0.1, 0.15) is 6.61 Å². The second-order valence-corrected chi connectivity index (χ2v) is 9.20. The van der Waals surface area contributed by atoms with E-state index in [1.807, 2.05) is 36.4 Å². The molecule has 2 aromatic carbocycles. The van der Waals surface area contributed by atoms with Crippen LogP contribution in [0.2, 0.25) is 0 Å². The molecule has 1 heterocycles. The Labute approximate surface area is 196 Å². The van der Waals surface area contributed by atoms with E-state index in [2.05, 4.69) is 29.6 Å². The highest BCUT2D eigenvalue weighted by molar-refractivity contribution is 5.86. The molecule has 0 bridgehead atoms. The first kappa shape index (κ1) is 22.2. The van der Waals surface area contributed by atoms with Crippen LogP contribution in [0.4, 0.5) is 4.79 Å². The zero-order chi connectivity index (χ0) is 23.9. The van der Waals surface area contributed by atoms with Gasteiger partial charge in [0.2, 0.25) is 5.91 Å². The Morgan fingerprint density at radius 3 is 2.26 bits per heavy atom. The summed E-state index contributed by atoms with van der Waals surface area (Å²) in [5.41, 5.74) is 2.72. The first-order valence-electron chi connectivity index (χ1n) is 11.4. The number of β-amino-alcohol motifs (C(OH)–C–C–N with tert-alkyl or cyclic N) is 1. The summed E-state index contributed by atoms with van der Waals surface area (Å²) >= 11 is 0. The molecule has 176 valence electrons. The quantitative estimate of drug-likeness (QED) is 0.588. The summed E-state index contributed by atoms with van der Waals surface area (Å²) < 4.78 is 5.59. The molecule has 2 aliphatic carbocycles. The number of likely N-dealkylation sites (tertiary alicyclic amines) is 1. The normalized spacial score (nSPS) is 22.3. The third kappa shape index (κ3) is 3.94. The smallest absolute Gasteiger partial charge is 0.407 e. The lowest BCUT2D eigenvalue weighted by molar-refractivity contribution is -0.183. The van der Waals surface area contributed by atoms with Crippen LogP contribution in [-0.2, 0) is 14.3 Å². The van der Waals surface area contributed by atoms with Crippen LogP contribution in [0.1, 0.15) is 29.9 Å². The molecule has 1 saturated heterocycles. The molecule has 8 heteroatoms. The van der Waals surface area contributed by atoms with Gasteiger partial charge in [-0.25, -0.2) is 9.59 Å². The third-order valence-electron chi connectivity index (χ3n) is 6.94.